The highest BCUT2D eigenvalue weighted by atomic mass is 24.3. The zero-order valence-corrected chi connectivity index (χ0v) is 4.73. The molecular weight excluding hydrogens is 116 g/mol. The van der Waals surface area contributed by atoms with E-state index >= 15 is 0 Å². The quantitative estimate of drug-likeness (QED) is 0.388. The van der Waals surface area contributed by atoms with Gasteiger partial charge in [-0.3, -0.25) is 4.79 Å². The maximum atomic E-state index is 9.98. The maximum absolute atomic E-state index is 9.98. The third kappa shape index (κ3) is 9.53. The topological polar surface area (TPSA) is 26.3 Å². The molecule has 0 spiro atoms. The van der Waals surface area contributed by atoms with E-state index in [0.717, 1.165) is 6.42 Å². The van der Waals surface area contributed by atoms with E-state index in [2.05, 4.69) is 4.74 Å². The van der Waals surface area contributed by atoms with Crippen molar-refractivity contribution in [1.82, 2.24) is 0 Å². The molecule has 0 fully saturated rings. The van der Waals surface area contributed by atoms with Gasteiger partial charge in [0.2, 0.25) is 0 Å². The lowest BCUT2D eigenvalue weighted by atomic mass is 10.5. The third-order valence-corrected chi connectivity index (χ3v) is 0.509. The van der Waals surface area contributed by atoms with Gasteiger partial charge in [0.25, 0.3) is 0 Å². The first-order chi connectivity index (χ1) is 3.27. The monoisotopic (exact) mass is 128 g/mol. The van der Waals surface area contributed by atoms with E-state index in [1.807, 2.05) is 6.92 Å². The Morgan fingerprint density at radius 3 is 2.25 bits per heavy atom. The van der Waals surface area contributed by atoms with Crippen LogP contribution >= 0.6 is 0 Å². The van der Waals surface area contributed by atoms with Gasteiger partial charge in [-0.05, 0) is 6.42 Å². The second-order valence-electron chi connectivity index (χ2n) is 1.34. The lowest BCUT2D eigenvalue weighted by Gasteiger charge is -1.93. The van der Waals surface area contributed by atoms with Gasteiger partial charge in [-0.1, -0.05) is 6.92 Å². The van der Waals surface area contributed by atoms with Gasteiger partial charge in [-0.2, -0.15) is 0 Å². The van der Waals surface area contributed by atoms with Crippen molar-refractivity contribution >= 4 is 29.0 Å². The van der Waals surface area contributed by atoms with E-state index in [1.165, 1.54) is 6.92 Å². The summed E-state index contributed by atoms with van der Waals surface area (Å²) in [5.74, 6) is -0.193. The Morgan fingerprint density at radius 2 is 2.12 bits per heavy atom. The average Bonchev–Trinajstić information content (AvgIpc) is 1.61. The Kier molecular flexibility index (Phi) is 10.0. The summed E-state index contributed by atoms with van der Waals surface area (Å²) < 4.78 is 4.55. The maximum Gasteiger partial charge on any atom is 0.316 e. The van der Waals surface area contributed by atoms with Crippen LogP contribution in [0.4, 0.5) is 0 Å². The number of hydrogen-bond acceptors (Lipinski definition) is 2. The van der Waals surface area contributed by atoms with Crippen LogP contribution in [0.3, 0.4) is 0 Å². The molecule has 0 bridgehead atoms. The first kappa shape index (κ1) is 11.1. The normalized spacial score (nSPS) is 7.25. The van der Waals surface area contributed by atoms with Gasteiger partial charge in [-0.15, -0.1) is 0 Å². The van der Waals surface area contributed by atoms with Crippen LogP contribution in [0.15, 0.2) is 0 Å². The van der Waals surface area contributed by atoms with Gasteiger partial charge in [0.05, 0.1) is 6.61 Å². The summed E-state index contributed by atoms with van der Waals surface area (Å²) in [6, 6.07) is 0. The van der Waals surface area contributed by atoms with Gasteiger partial charge in [-0.25, -0.2) is 0 Å². The number of ether oxygens (including phenoxy) is 1. The van der Waals surface area contributed by atoms with Crippen molar-refractivity contribution in [2.75, 3.05) is 6.61 Å². The van der Waals surface area contributed by atoms with Crippen LogP contribution in [0.5, 0.6) is 0 Å². The molecule has 0 radical (unpaired) electrons. The van der Waals surface area contributed by atoms with Crippen molar-refractivity contribution < 1.29 is 9.53 Å². The smallest absolute Gasteiger partial charge is 0.316 e. The van der Waals surface area contributed by atoms with Crippen LogP contribution in [-0.2, 0) is 9.53 Å². The Balaban J connectivity index is 0. The van der Waals surface area contributed by atoms with Gasteiger partial charge in [0.1, 0.15) is 0 Å². The minimum Gasteiger partial charge on any atom is -0.466 e. The number of esters is 1. The zero-order valence-electron chi connectivity index (χ0n) is 4.73. The molecule has 8 heavy (non-hydrogen) atoms. The molecule has 0 saturated carbocycles. The molecule has 0 saturated heterocycles. The van der Waals surface area contributed by atoms with Crippen LogP contribution in [-0.4, -0.2) is 35.6 Å². The molecule has 0 aliphatic carbocycles. The van der Waals surface area contributed by atoms with Crippen LogP contribution < -0.4 is 0 Å². The molecule has 0 aromatic rings. The molecular formula is C5H12MgO2. The molecule has 0 aliphatic heterocycles. The largest absolute Gasteiger partial charge is 0.466 e. The minimum absolute atomic E-state index is 0. The molecule has 46 valence electrons. The van der Waals surface area contributed by atoms with Crippen LogP contribution in [0, 0.1) is 0 Å². The van der Waals surface area contributed by atoms with Crippen LogP contribution in [0.1, 0.15) is 20.3 Å². The molecule has 0 heterocycles. The summed E-state index contributed by atoms with van der Waals surface area (Å²) >= 11 is 0. The number of carbonyl (C=O) groups excluding carboxylic acids is 1. The molecule has 0 aromatic carbocycles. The molecule has 3 heteroatoms. The van der Waals surface area contributed by atoms with E-state index < -0.39 is 0 Å². The van der Waals surface area contributed by atoms with Gasteiger partial charge in [0, 0.05) is 6.92 Å². The highest BCUT2D eigenvalue weighted by Crippen LogP contribution is 1.78. The van der Waals surface area contributed by atoms with Crippen molar-refractivity contribution in [3.8, 4) is 0 Å². The molecule has 0 rings (SSSR count). The first-order valence-corrected chi connectivity index (χ1v) is 2.40. The fourth-order valence-corrected chi connectivity index (χ4v) is 0.246. The van der Waals surface area contributed by atoms with E-state index in [9.17, 15) is 4.79 Å². The lowest BCUT2D eigenvalue weighted by Crippen LogP contribution is -1.98. The Hall–Kier alpha value is 0.236. The van der Waals surface area contributed by atoms with Gasteiger partial charge in [0.15, 0.2) is 0 Å². The lowest BCUT2D eigenvalue weighted by molar-refractivity contribution is -0.140. The summed E-state index contributed by atoms with van der Waals surface area (Å²) in [6.07, 6.45) is 0.902. The fourth-order valence-electron chi connectivity index (χ4n) is 0.246. The van der Waals surface area contributed by atoms with Gasteiger partial charge < -0.3 is 4.74 Å². The van der Waals surface area contributed by atoms with Crippen LogP contribution in [0.25, 0.3) is 0 Å². The van der Waals surface area contributed by atoms with Crippen molar-refractivity contribution in [3.05, 3.63) is 0 Å². The second kappa shape index (κ2) is 7.24. The standard InChI is InChI=1S/C5H10O2.Mg.2H/c1-3-4-7-5(2)6;;;/h3-4H2,1-2H3;;;. The molecule has 0 aromatic heterocycles. The highest BCUT2D eigenvalue weighted by molar-refractivity contribution is 5.75. The van der Waals surface area contributed by atoms with Crippen molar-refractivity contribution in [3.63, 3.8) is 0 Å². The zero-order chi connectivity index (χ0) is 5.70. The second-order valence-corrected chi connectivity index (χ2v) is 1.34. The summed E-state index contributed by atoms with van der Waals surface area (Å²) in [7, 11) is 0. The molecule has 0 atom stereocenters. The Bertz CT molecular complexity index is 63.4. The summed E-state index contributed by atoms with van der Waals surface area (Å²) in [6.45, 7) is 3.92. The predicted octanol–water partition coefficient (Wildman–Crippen LogP) is 0.0433. The molecule has 0 N–H and O–H groups in total. The van der Waals surface area contributed by atoms with Gasteiger partial charge >= 0.3 is 29.0 Å². The minimum atomic E-state index is -0.193. The average molecular weight is 128 g/mol. The molecule has 0 amide bonds. The summed E-state index contributed by atoms with van der Waals surface area (Å²) in [5.41, 5.74) is 0. The summed E-state index contributed by atoms with van der Waals surface area (Å²) in [4.78, 5) is 9.98. The Labute approximate surface area is 65.7 Å². The Morgan fingerprint density at radius 1 is 1.62 bits per heavy atom. The first-order valence-electron chi connectivity index (χ1n) is 2.40. The number of carbonyl (C=O) groups is 1. The highest BCUT2D eigenvalue weighted by Gasteiger charge is 1.85. The molecule has 0 unspecified atom stereocenters. The molecule has 2 nitrogen and oxygen atoms in total. The predicted molar refractivity (Wildman–Crippen MR) is 35.5 cm³/mol. The summed E-state index contributed by atoms with van der Waals surface area (Å²) in [5, 5.41) is 0. The van der Waals surface area contributed by atoms with E-state index in [-0.39, 0.29) is 29.0 Å². The number of rotatable bonds is 2. The van der Waals surface area contributed by atoms with Crippen molar-refractivity contribution in [2.24, 2.45) is 0 Å². The SMILES string of the molecule is CCCOC(C)=O.[MgH2]. The van der Waals surface area contributed by atoms with Crippen LogP contribution in [0.2, 0.25) is 0 Å². The number of hydrogen-bond donors (Lipinski definition) is 0. The van der Waals surface area contributed by atoms with E-state index in [0.29, 0.717) is 6.61 Å². The third-order valence-electron chi connectivity index (χ3n) is 0.509. The van der Waals surface area contributed by atoms with E-state index in [1.54, 1.807) is 0 Å². The fraction of sp³-hybridized carbons (Fsp3) is 0.800. The van der Waals surface area contributed by atoms with E-state index in [4.69, 9.17) is 0 Å². The molecule has 0 aliphatic rings. The van der Waals surface area contributed by atoms with Crippen molar-refractivity contribution in [2.45, 2.75) is 20.3 Å². The van der Waals surface area contributed by atoms with Crippen molar-refractivity contribution in [1.29, 1.82) is 0 Å².